The highest BCUT2D eigenvalue weighted by atomic mass is 15.0. The topological polar surface area (TPSA) is 52.0 Å². The van der Waals surface area contributed by atoms with Crippen LogP contribution >= 0.6 is 0 Å². The molecule has 0 atom stereocenters. The molecule has 2 heteroatoms. The molecule has 0 unspecified atom stereocenters. The van der Waals surface area contributed by atoms with Gasteiger partial charge in [0.25, 0.3) is 0 Å². The summed E-state index contributed by atoms with van der Waals surface area (Å²) in [6, 6.07) is 12.9. The molecule has 4 N–H and O–H groups in total. The first-order chi connectivity index (χ1) is 8.61. The van der Waals surface area contributed by atoms with Crippen LogP contribution in [0.5, 0.6) is 0 Å². The third-order valence-electron chi connectivity index (χ3n) is 3.57. The fourth-order valence-electron chi connectivity index (χ4n) is 2.13. The predicted octanol–water partition coefficient (Wildman–Crippen LogP) is 3.41. The molecule has 2 aromatic rings. The molecule has 0 saturated carbocycles. The van der Waals surface area contributed by atoms with Gasteiger partial charge in [-0.1, -0.05) is 36.4 Å². The lowest BCUT2D eigenvalue weighted by atomic mass is 9.91. The molecule has 2 aromatic carbocycles. The molecule has 0 bridgehead atoms. The first-order valence-electron chi connectivity index (χ1n) is 6.07. The predicted molar refractivity (Wildman–Crippen MR) is 79.2 cm³/mol. The summed E-state index contributed by atoms with van der Waals surface area (Å²) in [5.74, 6) is 8.00. The summed E-state index contributed by atoms with van der Waals surface area (Å²) in [6.07, 6.45) is 0. The number of nitrogens with two attached hydrogens (primary N) is 2. The second-order valence-corrected chi connectivity index (χ2v) is 4.48. The molecule has 0 fully saturated rings. The van der Waals surface area contributed by atoms with Gasteiger partial charge < -0.3 is 0 Å². The summed E-state index contributed by atoms with van der Waals surface area (Å²) in [5, 5.41) is 0. The zero-order chi connectivity index (χ0) is 13.7. The van der Waals surface area contributed by atoms with E-state index in [0.29, 0.717) is 0 Å². The van der Waals surface area contributed by atoms with Crippen molar-refractivity contribution in [3.8, 4) is 11.1 Å². The smallest absolute Gasteiger partial charge is 0.0149 e. The summed E-state index contributed by atoms with van der Waals surface area (Å²) < 4.78 is 0. The van der Waals surface area contributed by atoms with E-state index < -0.39 is 0 Å². The van der Waals surface area contributed by atoms with Crippen LogP contribution in [0, 0.1) is 27.7 Å². The van der Waals surface area contributed by atoms with Gasteiger partial charge in [0.1, 0.15) is 0 Å². The van der Waals surface area contributed by atoms with Gasteiger partial charge in [0.05, 0.1) is 0 Å². The molecule has 0 radical (unpaired) electrons. The normalized spacial score (nSPS) is 9.67. The van der Waals surface area contributed by atoms with E-state index in [2.05, 4.69) is 75.8 Å². The van der Waals surface area contributed by atoms with Crippen molar-refractivity contribution in [3.63, 3.8) is 0 Å². The summed E-state index contributed by atoms with van der Waals surface area (Å²) in [4.78, 5) is 0. The quantitative estimate of drug-likeness (QED) is 0.595. The van der Waals surface area contributed by atoms with Crippen LogP contribution in [-0.2, 0) is 0 Å². The van der Waals surface area contributed by atoms with Gasteiger partial charge in [-0.3, -0.25) is 11.7 Å². The van der Waals surface area contributed by atoms with Crippen LogP contribution in [-0.4, -0.2) is 0 Å². The number of benzene rings is 2. The highest BCUT2D eigenvalue weighted by Crippen LogP contribution is 2.29. The molecule has 0 heterocycles. The first kappa shape index (κ1) is 14.4. The summed E-state index contributed by atoms with van der Waals surface area (Å²) >= 11 is 0. The lowest BCUT2D eigenvalue weighted by Gasteiger charge is -2.14. The molecule has 0 saturated heterocycles. The largest absolute Gasteiger partial charge is 0.274 e. The van der Waals surface area contributed by atoms with E-state index in [1.807, 2.05) is 0 Å². The van der Waals surface area contributed by atoms with Crippen molar-refractivity contribution in [2.45, 2.75) is 27.7 Å². The molecule has 18 heavy (non-hydrogen) atoms. The van der Waals surface area contributed by atoms with Gasteiger partial charge in [0, 0.05) is 0 Å². The van der Waals surface area contributed by atoms with Crippen molar-refractivity contribution in [1.29, 1.82) is 0 Å². The van der Waals surface area contributed by atoms with Gasteiger partial charge in [0.15, 0.2) is 0 Å². The lowest BCUT2D eigenvalue weighted by molar-refractivity contribution is 1.22. The molecular weight excluding hydrogens is 220 g/mol. The molecule has 0 aliphatic carbocycles. The van der Waals surface area contributed by atoms with E-state index in [4.69, 9.17) is 0 Å². The van der Waals surface area contributed by atoms with Crippen LogP contribution in [0.2, 0.25) is 0 Å². The Hall–Kier alpha value is -1.64. The fourth-order valence-corrected chi connectivity index (χ4v) is 2.13. The van der Waals surface area contributed by atoms with Gasteiger partial charge in [-0.05, 0) is 61.1 Å². The van der Waals surface area contributed by atoms with Crippen LogP contribution in [0.4, 0.5) is 0 Å². The average molecular weight is 242 g/mol. The zero-order valence-electron chi connectivity index (χ0n) is 11.6. The molecule has 0 amide bonds. The summed E-state index contributed by atoms with van der Waals surface area (Å²) in [5.41, 5.74) is 8.28. The second-order valence-electron chi connectivity index (χ2n) is 4.48. The zero-order valence-corrected chi connectivity index (χ0v) is 11.6. The maximum Gasteiger partial charge on any atom is -0.0149 e. The SMILES string of the molecule is Cc1cc(-c2ccccc2)c(C)c(C)c1C.NN. The Balaban J connectivity index is 0.000000771. The third-order valence-corrected chi connectivity index (χ3v) is 3.57. The lowest BCUT2D eigenvalue weighted by Crippen LogP contribution is -2.02. The van der Waals surface area contributed by atoms with E-state index in [0.717, 1.165) is 0 Å². The van der Waals surface area contributed by atoms with Crippen LogP contribution in [0.1, 0.15) is 22.3 Å². The third kappa shape index (κ3) is 2.78. The molecule has 0 aliphatic heterocycles. The second kappa shape index (κ2) is 6.34. The number of aryl methyl sites for hydroxylation is 1. The summed E-state index contributed by atoms with van der Waals surface area (Å²) in [7, 11) is 0. The fraction of sp³-hybridized carbons (Fsp3) is 0.250. The summed E-state index contributed by atoms with van der Waals surface area (Å²) in [6.45, 7) is 8.81. The molecule has 2 nitrogen and oxygen atoms in total. The number of hydrogen-bond donors (Lipinski definition) is 2. The van der Waals surface area contributed by atoms with Crippen molar-refractivity contribution in [1.82, 2.24) is 0 Å². The Bertz CT molecular complexity index is 516. The highest BCUT2D eigenvalue weighted by Gasteiger charge is 2.08. The van der Waals surface area contributed by atoms with Crippen LogP contribution in [0.25, 0.3) is 11.1 Å². The van der Waals surface area contributed by atoms with Gasteiger partial charge >= 0.3 is 0 Å². The Morgan fingerprint density at radius 3 is 1.83 bits per heavy atom. The van der Waals surface area contributed by atoms with Crippen LogP contribution < -0.4 is 11.7 Å². The molecule has 0 aliphatic rings. The molecule has 2 rings (SSSR count). The standard InChI is InChI=1S/C16H18.H4N2/c1-11-10-16(14(4)13(3)12(11)2)15-8-6-5-7-9-15;1-2/h5-10H,1-4H3;1-2H2. The van der Waals surface area contributed by atoms with Gasteiger partial charge in [-0.2, -0.15) is 0 Å². The molecular formula is C16H22N2. The minimum Gasteiger partial charge on any atom is -0.274 e. The van der Waals surface area contributed by atoms with Gasteiger partial charge in [0.2, 0.25) is 0 Å². The van der Waals surface area contributed by atoms with Crippen molar-refractivity contribution in [2.24, 2.45) is 11.7 Å². The maximum absolute atomic E-state index is 4.00. The first-order valence-corrected chi connectivity index (χ1v) is 6.07. The highest BCUT2D eigenvalue weighted by molar-refractivity contribution is 5.70. The number of rotatable bonds is 1. The van der Waals surface area contributed by atoms with E-state index in [9.17, 15) is 0 Å². The Labute approximate surface area is 110 Å². The van der Waals surface area contributed by atoms with Gasteiger partial charge in [-0.15, -0.1) is 0 Å². The number of hydrazine groups is 1. The van der Waals surface area contributed by atoms with Crippen molar-refractivity contribution in [3.05, 3.63) is 58.7 Å². The average Bonchev–Trinajstić information content (AvgIpc) is 2.44. The monoisotopic (exact) mass is 242 g/mol. The van der Waals surface area contributed by atoms with Gasteiger partial charge in [-0.25, -0.2) is 0 Å². The van der Waals surface area contributed by atoms with E-state index >= 15 is 0 Å². The van der Waals surface area contributed by atoms with Crippen LogP contribution in [0.15, 0.2) is 36.4 Å². The minimum absolute atomic E-state index is 1.31. The van der Waals surface area contributed by atoms with Crippen LogP contribution in [0.3, 0.4) is 0 Å². The number of hydrogen-bond acceptors (Lipinski definition) is 2. The van der Waals surface area contributed by atoms with E-state index in [1.54, 1.807) is 0 Å². The molecule has 0 spiro atoms. The van der Waals surface area contributed by atoms with Crippen molar-refractivity contribution in [2.75, 3.05) is 0 Å². The maximum atomic E-state index is 4.00. The van der Waals surface area contributed by atoms with E-state index in [-0.39, 0.29) is 0 Å². The van der Waals surface area contributed by atoms with E-state index in [1.165, 1.54) is 33.4 Å². The minimum atomic E-state index is 1.31. The van der Waals surface area contributed by atoms with Crippen molar-refractivity contribution < 1.29 is 0 Å². The Morgan fingerprint density at radius 1 is 0.722 bits per heavy atom. The molecule has 0 aromatic heterocycles. The Kier molecular flexibility index (Phi) is 5.08. The molecule has 96 valence electrons. The van der Waals surface area contributed by atoms with Crippen molar-refractivity contribution >= 4 is 0 Å². The Morgan fingerprint density at radius 2 is 1.28 bits per heavy atom.